The van der Waals surface area contributed by atoms with E-state index < -0.39 is 16.1 Å². The van der Waals surface area contributed by atoms with Crippen LogP contribution in [0.1, 0.15) is 61.6 Å². The highest BCUT2D eigenvalue weighted by Crippen LogP contribution is 2.37. The summed E-state index contributed by atoms with van der Waals surface area (Å²) in [5.41, 5.74) is 3.33. The number of benzene rings is 1. The lowest BCUT2D eigenvalue weighted by Crippen LogP contribution is -2.13. The Hall–Kier alpha value is -0.850. The molecule has 2 aromatic rings. The predicted molar refractivity (Wildman–Crippen MR) is 98.5 cm³/mol. The van der Waals surface area contributed by atoms with Crippen molar-refractivity contribution in [3.8, 4) is 0 Å². The number of fused-ring (bicyclic) bond motifs is 1. The highest BCUT2D eigenvalue weighted by Gasteiger charge is 2.28. The van der Waals surface area contributed by atoms with E-state index in [-0.39, 0.29) is 0 Å². The highest BCUT2D eigenvalue weighted by atomic mass is 32.1. The summed E-state index contributed by atoms with van der Waals surface area (Å²) in [7, 11) is 0. The van der Waals surface area contributed by atoms with E-state index in [4.69, 9.17) is 0 Å². The molecule has 6 heteroatoms. The first kappa shape index (κ1) is 17.5. The van der Waals surface area contributed by atoms with Crippen LogP contribution in [-0.2, 0) is 9.59 Å². The number of thiol groups is 2. The first-order valence-electron chi connectivity index (χ1n) is 7.12. The van der Waals surface area contributed by atoms with Gasteiger partial charge in [0, 0.05) is 0 Å². The molecular weight excluding hydrogens is 334 g/mol. The molecule has 0 spiro atoms. The van der Waals surface area contributed by atoms with E-state index in [0.29, 0.717) is 16.8 Å². The van der Waals surface area contributed by atoms with Crippen LogP contribution < -0.4 is 0 Å². The number of aromatic nitrogens is 1. The number of carbonyl (C=O) groups excluding carboxylic acids is 2. The molecule has 0 N–H and O–H groups in total. The minimum atomic E-state index is -0.994. The SMILES string of the molecule is CC(C)c1ccc2sc(C(C(=O)S)C(=O)S)nc2c1C(C)C. The van der Waals surface area contributed by atoms with Gasteiger partial charge >= 0.3 is 0 Å². The minimum Gasteiger partial charge on any atom is -0.286 e. The zero-order valence-corrected chi connectivity index (χ0v) is 15.6. The predicted octanol–water partition coefficient (Wildman–Crippen LogP) is 4.54. The first-order valence-corrected chi connectivity index (χ1v) is 8.84. The second-order valence-electron chi connectivity index (χ2n) is 5.89. The molecule has 0 fully saturated rings. The van der Waals surface area contributed by atoms with Crippen LogP contribution in [-0.4, -0.2) is 15.2 Å². The topological polar surface area (TPSA) is 47.0 Å². The Balaban J connectivity index is 2.71. The van der Waals surface area contributed by atoms with Crippen molar-refractivity contribution in [2.75, 3.05) is 0 Å². The molecule has 22 heavy (non-hydrogen) atoms. The largest absolute Gasteiger partial charge is 0.286 e. The van der Waals surface area contributed by atoms with Crippen molar-refractivity contribution >= 4 is 57.0 Å². The smallest absolute Gasteiger partial charge is 0.204 e. The molecule has 0 saturated heterocycles. The maximum Gasteiger partial charge on any atom is 0.204 e. The van der Waals surface area contributed by atoms with Gasteiger partial charge in [-0.25, -0.2) is 4.98 Å². The Morgan fingerprint density at radius 3 is 2.09 bits per heavy atom. The van der Waals surface area contributed by atoms with Crippen LogP contribution in [0.5, 0.6) is 0 Å². The number of hydrogen-bond acceptors (Lipinski definition) is 4. The third-order valence-corrected chi connectivity index (χ3v) is 5.19. The van der Waals surface area contributed by atoms with Gasteiger partial charge in [-0.05, 0) is 29.0 Å². The zero-order chi connectivity index (χ0) is 16.6. The summed E-state index contributed by atoms with van der Waals surface area (Å²) in [6.45, 7) is 8.56. The normalized spacial score (nSPS) is 11.9. The van der Waals surface area contributed by atoms with E-state index in [2.05, 4.69) is 64.0 Å². The molecule has 1 heterocycles. The third-order valence-electron chi connectivity index (χ3n) is 3.59. The molecule has 0 atom stereocenters. The average molecular weight is 354 g/mol. The lowest BCUT2D eigenvalue weighted by Gasteiger charge is -2.16. The number of hydrogen-bond donors (Lipinski definition) is 2. The van der Waals surface area contributed by atoms with Gasteiger partial charge in [0.05, 0.1) is 10.2 Å². The lowest BCUT2D eigenvalue weighted by molar-refractivity contribution is -0.119. The van der Waals surface area contributed by atoms with Gasteiger partial charge in [-0.2, -0.15) is 0 Å². The Kier molecular flexibility index (Phi) is 5.35. The maximum atomic E-state index is 11.6. The lowest BCUT2D eigenvalue weighted by atomic mass is 9.90. The van der Waals surface area contributed by atoms with Crippen LogP contribution in [0.4, 0.5) is 0 Å². The van der Waals surface area contributed by atoms with Gasteiger partial charge < -0.3 is 0 Å². The maximum absolute atomic E-state index is 11.6. The van der Waals surface area contributed by atoms with Crippen LogP contribution in [0.2, 0.25) is 0 Å². The van der Waals surface area contributed by atoms with Gasteiger partial charge in [-0.15, -0.1) is 36.6 Å². The number of carbonyl (C=O) groups is 2. The fourth-order valence-electron chi connectivity index (χ4n) is 2.60. The Labute approximate surface area is 145 Å². The molecular formula is C16H19NO2S3. The molecule has 0 aliphatic rings. The minimum absolute atomic E-state index is 0.313. The number of nitrogens with zero attached hydrogens (tertiary/aromatic N) is 1. The van der Waals surface area contributed by atoms with E-state index in [1.165, 1.54) is 22.5 Å². The molecule has 118 valence electrons. The molecule has 0 bridgehead atoms. The Bertz CT molecular complexity index is 720. The van der Waals surface area contributed by atoms with Gasteiger partial charge in [-0.1, -0.05) is 33.8 Å². The van der Waals surface area contributed by atoms with Gasteiger partial charge in [-0.3, -0.25) is 9.59 Å². The second-order valence-corrected chi connectivity index (χ2v) is 7.83. The van der Waals surface area contributed by atoms with E-state index in [1.54, 1.807) is 0 Å². The van der Waals surface area contributed by atoms with E-state index in [0.717, 1.165) is 10.2 Å². The monoisotopic (exact) mass is 353 g/mol. The quantitative estimate of drug-likeness (QED) is 0.613. The molecule has 1 aromatic carbocycles. The molecule has 1 aromatic heterocycles. The van der Waals surface area contributed by atoms with Gasteiger partial charge in [0.1, 0.15) is 10.9 Å². The van der Waals surface area contributed by atoms with Crippen LogP contribution in [0.15, 0.2) is 12.1 Å². The number of rotatable bonds is 5. The molecule has 0 unspecified atom stereocenters. The Morgan fingerprint density at radius 1 is 1.05 bits per heavy atom. The van der Waals surface area contributed by atoms with Gasteiger partial charge in [0.25, 0.3) is 0 Å². The van der Waals surface area contributed by atoms with Crippen molar-refractivity contribution in [1.29, 1.82) is 0 Å². The molecule has 0 saturated carbocycles. The van der Waals surface area contributed by atoms with Crippen molar-refractivity contribution < 1.29 is 9.59 Å². The van der Waals surface area contributed by atoms with Crippen molar-refractivity contribution in [3.63, 3.8) is 0 Å². The fraction of sp³-hybridized carbons (Fsp3) is 0.438. The van der Waals surface area contributed by atoms with Crippen LogP contribution in [0.3, 0.4) is 0 Å². The van der Waals surface area contributed by atoms with Crippen molar-refractivity contribution in [1.82, 2.24) is 4.98 Å². The van der Waals surface area contributed by atoms with Crippen LogP contribution in [0.25, 0.3) is 10.2 Å². The van der Waals surface area contributed by atoms with Gasteiger partial charge in [0.2, 0.25) is 10.2 Å². The fourth-order valence-corrected chi connectivity index (χ4v) is 4.44. The van der Waals surface area contributed by atoms with E-state index >= 15 is 0 Å². The standard InChI is InChI=1S/C16H19NO2S3/c1-7(2)9-5-6-10-13(11(9)8(3)4)17-14(22-10)12(15(18)20)16(19)21/h5-8,12H,1-4H3,(H,18,20)(H,19,21). The second kappa shape index (κ2) is 6.72. The summed E-state index contributed by atoms with van der Waals surface area (Å²) in [5.74, 6) is -0.291. The summed E-state index contributed by atoms with van der Waals surface area (Å²) < 4.78 is 0.984. The van der Waals surface area contributed by atoms with Gasteiger partial charge in [0.15, 0.2) is 0 Å². The average Bonchev–Trinajstić information content (AvgIpc) is 2.78. The van der Waals surface area contributed by atoms with Crippen LogP contribution in [0, 0.1) is 0 Å². The summed E-state index contributed by atoms with van der Waals surface area (Å²) in [6.07, 6.45) is 0. The van der Waals surface area contributed by atoms with Crippen LogP contribution >= 0.6 is 36.6 Å². The molecule has 0 amide bonds. The highest BCUT2D eigenvalue weighted by molar-refractivity contribution is 7.99. The molecule has 3 nitrogen and oxygen atoms in total. The zero-order valence-electron chi connectivity index (χ0n) is 13.0. The first-order chi connectivity index (χ1) is 10.2. The van der Waals surface area contributed by atoms with E-state index in [1.807, 2.05) is 6.07 Å². The summed E-state index contributed by atoms with van der Waals surface area (Å²) in [6, 6.07) is 4.13. The molecule has 0 aliphatic carbocycles. The van der Waals surface area contributed by atoms with Crippen molar-refractivity contribution in [2.45, 2.75) is 45.4 Å². The summed E-state index contributed by atoms with van der Waals surface area (Å²) in [5, 5.41) is -0.568. The van der Waals surface area contributed by atoms with Crippen molar-refractivity contribution in [3.05, 3.63) is 28.3 Å². The third kappa shape index (κ3) is 3.24. The number of thiazole rings is 1. The Morgan fingerprint density at radius 2 is 1.64 bits per heavy atom. The van der Waals surface area contributed by atoms with E-state index in [9.17, 15) is 9.59 Å². The van der Waals surface area contributed by atoms with Crippen molar-refractivity contribution in [2.24, 2.45) is 0 Å². The summed E-state index contributed by atoms with van der Waals surface area (Å²) in [4.78, 5) is 27.8. The molecule has 0 aliphatic heterocycles. The summed E-state index contributed by atoms with van der Waals surface area (Å²) >= 11 is 8.97. The molecule has 2 rings (SSSR count). The molecule has 0 radical (unpaired) electrons.